The minimum Gasteiger partial charge on any atom is -0.459 e. The van der Waals surface area contributed by atoms with E-state index in [1.807, 2.05) is 54.6 Å². The molecule has 5 aromatic rings. The fourth-order valence-electron chi connectivity index (χ4n) is 3.79. The summed E-state index contributed by atoms with van der Waals surface area (Å²) in [6.45, 7) is 2.07. The number of aryl methyl sites for hydroxylation is 1. The first-order valence-electron chi connectivity index (χ1n) is 10.9. The maximum atomic E-state index is 12.6. The smallest absolute Gasteiger partial charge is 0.291 e. The molecule has 0 radical (unpaired) electrons. The van der Waals surface area contributed by atoms with Crippen molar-refractivity contribution in [3.05, 3.63) is 94.8 Å². The second kappa shape index (κ2) is 9.44. The number of amides is 1. The van der Waals surface area contributed by atoms with E-state index in [0.717, 1.165) is 39.2 Å². The van der Waals surface area contributed by atoms with Crippen molar-refractivity contribution in [3.63, 3.8) is 0 Å². The summed E-state index contributed by atoms with van der Waals surface area (Å²) in [5.74, 6) is -0.0359. The highest BCUT2D eigenvalue weighted by atomic mass is 32.2. The quantitative estimate of drug-likeness (QED) is 0.276. The summed E-state index contributed by atoms with van der Waals surface area (Å²) in [5, 5.41) is 9.53. The number of benzene rings is 2. The van der Waals surface area contributed by atoms with Crippen LogP contribution < -0.4 is 10.9 Å². The predicted molar refractivity (Wildman–Crippen MR) is 133 cm³/mol. The molecule has 3 aromatic heterocycles. The Morgan fingerprint density at radius 1 is 1.06 bits per heavy atom. The number of hydrogen-bond acceptors (Lipinski definition) is 5. The van der Waals surface area contributed by atoms with Crippen LogP contribution in [0.5, 0.6) is 0 Å². The van der Waals surface area contributed by atoms with Crippen LogP contribution in [0, 0.1) is 0 Å². The van der Waals surface area contributed by atoms with Crippen LogP contribution in [0.3, 0.4) is 0 Å². The van der Waals surface area contributed by atoms with Crippen LogP contribution in [-0.4, -0.2) is 21.1 Å². The average Bonchev–Trinajstić information content (AvgIpc) is 3.51. The van der Waals surface area contributed by atoms with Gasteiger partial charge in [-0.25, -0.2) is 4.98 Å². The summed E-state index contributed by atoms with van der Waals surface area (Å²) in [4.78, 5) is 31.5. The van der Waals surface area contributed by atoms with Crippen LogP contribution in [0.1, 0.15) is 29.6 Å². The molecule has 0 aliphatic heterocycles. The van der Waals surface area contributed by atoms with Gasteiger partial charge < -0.3 is 14.8 Å². The van der Waals surface area contributed by atoms with Gasteiger partial charge in [-0.3, -0.25) is 14.7 Å². The Morgan fingerprint density at radius 2 is 1.88 bits per heavy atom. The molecule has 34 heavy (non-hydrogen) atoms. The molecule has 3 heterocycles. The Balaban J connectivity index is 1.46. The molecule has 8 heteroatoms. The number of hydrogen-bond donors (Lipinski definition) is 3. The number of para-hydroxylation sites is 1. The average molecular weight is 471 g/mol. The zero-order valence-electron chi connectivity index (χ0n) is 18.4. The van der Waals surface area contributed by atoms with Crippen molar-refractivity contribution in [1.29, 1.82) is 0 Å². The third-order valence-corrected chi connectivity index (χ3v) is 6.44. The van der Waals surface area contributed by atoms with Gasteiger partial charge in [0.1, 0.15) is 0 Å². The molecule has 2 aromatic carbocycles. The fourth-order valence-corrected chi connectivity index (χ4v) is 4.77. The van der Waals surface area contributed by atoms with Gasteiger partial charge in [0.2, 0.25) is 0 Å². The molecule has 5 rings (SSSR count). The standard InChI is InChI=1S/C26H22N4O3S/c1-2-6-20-24(26(32)30-29-20)21-15-23(18-7-3-4-8-19(18)28-21)34-17-12-10-16(11-13-17)27-25(31)22-9-5-14-33-22/h3-5,7-15H,2,6H2,1H3,(H,27,31)(H2,29,30,32). The number of nitrogens with zero attached hydrogens (tertiary/aromatic N) is 1. The van der Waals surface area contributed by atoms with Crippen molar-refractivity contribution in [2.24, 2.45) is 0 Å². The Hall–Kier alpha value is -4.04. The lowest BCUT2D eigenvalue weighted by atomic mass is 10.1. The molecule has 170 valence electrons. The van der Waals surface area contributed by atoms with E-state index in [2.05, 4.69) is 22.4 Å². The molecule has 0 atom stereocenters. The van der Waals surface area contributed by atoms with Crippen LogP contribution >= 0.6 is 11.8 Å². The number of carbonyl (C=O) groups excluding carboxylic acids is 1. The number of carbonyl (C=O) groups is 1. The highest BCUT2D eigenvalue weighted by Crippen LogP contribution is 2.36. The maximum absolute atomic E-state index is 12.6. The number of furan rings is 1. The van der Waals surface area contributed by atoms with Crippen LogP contribution in [0.2, 0.25) is 0 Å². The highest BCUT2D eigenvalue weighted by Gasteiger charge is 2.16. The number of aromatic amines is 2. The van der Waals surface area contributed by atoms with Gasteiger partial charge >= 0.3 is 0 Å². The fraction of sp³-hybridized carbons (Fsp3) is 0.115. The van der Waals surface area contributed by atoms with E-state index in [9.17, 15) is 9.59 Å². The van der Waals surface area contributed by atoms with Gasteiger partial charge in [0.15, 0.2) is 5.76 Å². The number of nitrogens with one attached hydrogen (secondary N) is 3. The number of fused-ring (bicyclic) bond motifs is 1. The predicted octanol–water partition coefficient (Wildman–Crippen LogP) is 5.87. The Labute approximate surface area is 199 Å². The van der Waals surface area contributed by atoms with E-state index in [1.54, 1.807) is 23.9 Å². The van der Waals surface area contributed by atoms with E-state index in [0.29, 0.717) is 16.9 Å². The Bertz CT molecular complexity index is 1500. The van der Waals surface area contributed by atoms with Crippen LogP contribution in [0.4, 0.5) is 5.69 Å². The molecule has 0 aliphatic carbocycles. The van der Waals surface area contributed by atoms with Crippen molar-refractivity contribution in [2.75, 3.05) is 5.32 Å². The van der Waals surface area contributed by atoms with E-state index in [-0.39, 0.29) is 17.2 Å². The first-order chi connectivity index (χ1) is 16.6. The molecule has 0 unspecified atom stereocenters. The van der Waals surface area contributed by atoms with Gasteiger partial charge in [-0.2, -0.15) is 0 Å². The Morgan fingerprint density at radius 3 is 2.65 bits per heavy atom. The second-order valence-corrected chi connectivity index (χ2v) is 8.88. The molecule has 7 nitrogen and oxygen atoms in total. The molecular formula is C26H22N4O3S. The number of aromatic nitrogens is 3. The number of anilines is 1. The molecule has 3 N–H and O–H groups in total. The lowest BCUT2D eigenvalue weighted by Gasteiger charge is -2.10. The second-order valence-electron chi connectivity index (χ2n) is 7.76. The molecular weight excluding hydrogens is 448 g/mol. The van der Waals surface area contributed by atoms with Gasteiger partial charge in [0.25, 0.3) is 11.5 Å². The maximum Gasteiger partial charge on any atom is 0.291 e. The molecule has 0 saturated carbocycles. The number of pyridine rings is 1. The molecule has 0 saturated heterocycles. The summed E-state index contributed by atoms with van der Waals surface area (Å²) >= 11 is 1.59. The van der Waals surface area contributed by atoms with Gasteiger partial charge in [0.05, 0.1) is 23.0 Å². The van der Waals surface area contributed by atoms with Crippen molar-refractivity contribution < 1.29 is 9.21 Å². The van der Waals surface area contributed by atoms with Crippen LogP contribution in [0.25, 0.3) is 22.2 Å². The highest BCUT2D eigenvalue weighted by molar-refractivity contribution is 7.99. The van der Waals surface area contributed by atoms with E-state index < -0.39 is 0 Å². The zero-order valence-corrected chi connectivity index (χ0v) is 19.2. The molecule has 1 amide bonds. The third-order valence-electron chi connectivity index (χ3n) is 5.38. The lowest BCUT2D eigenvalue weighted by molar-refractivity contribution is 0.0996. The Kier molecular flexibility index (Phi) is 6.05. The molecule has 0 aliphatic rings. The van der Waals surface area contributed by atoms with Crippen molar-refractivity contribution in [3.8, 4) is 11.3 Å². The summed E-state index contributed by atoms with van der Waals surface area (Å²) in [6.07, 6.45) is 3.14. The normalized spacial score (nSPS) is 11.1. The molecule has 0 bridgehead atoms. The number of H-pyrrole nitrogens is 2. The van der Waals surface area contributed by atoms with Crippen molar-refractivity contribution in [2.45, 2.75) is 29.6 Å². The topological polar surface area (TPSA) is 104 Å². The largest absolute Gasteiger partial charge is 0.459 e. The minimum atomic E-state index is -0.296. The summed E-state index contributed by atoms with van der Waals surface area (Å²) in [5.41, 5.74) is 3.43. The van der Waals surface area contributed by atoms with Gasteiger partial charge in [-0.05, 0) is 55.0 Å². The van der Waals surface area contributed by atoms with E-state index >= 15 is 0 Å². The summed E-state index contributed by atoms with van der Waals surface area (Å²) in [7, 11) is 0. The first kappa shape index (κ1) is 21.8. The third kappa shape index (κ3) is 4.40. The SMILES string of the molecule is CCCc1[nH][nH]c(=O)c1-c1cc(Sc2ccc(NC(=O)c3ccco3)cc2)c2ccccc2n1. The lowest BCUT2D eigenvalue weighted by Crippen LogP contribution is -2.10. The van der Waals surface area contributed by atoms with E-state index in [4.69, 9.17) is 9.40 Å². The van der Waals surface area contributed by atoms with Gasteiger partial charge in [-0.1, -0.05) is 43.3 Å². The monoisotopic (exact) mass is 470 g/mol. The van der Waals surface area contributed by atoms with Gasteiger partial charge in [-0.15, -0.1) is 0 Å². The van der Waals surface area contributed by atoms with Crippen LogP contribution in [0.15, 0.2) is 92.0 Å². The van der Waals surface area contributed by atoms with Crippen LogP contribution in [-0.2, 0) is 6.42 Å². The minimum absolute atomic E-state index is 0.168. The summed E-state index contributed by atoms with van der Waals surface area (Å²) in [6, 6.07) is 20.8. The van der Waals surface area contributed by atoms with Crippen molar-refractivity contribution >= 4 is 34.3 Å². The van der Waals surface area contributed by atoms with E-state index in [1.165, 1.54) is 6.26 Å². The van der Waals surface area contributed by atoms with Crippen molar-refractivity contribution in [1.82, 2.24) is 15.2 Å². The number of rotatable bonds is 7. The molecule has 0 fully saturated rings. The zero-order chi connectivity index (χ0) is 23.5. The first-order valence-corrected chi connectivity index (χ1v) is 11.8. The summed E-state index contributed by atoms with van der Waals surface area (Å²) < 4.78 is 5.14. The molecule has 0 spiro atoms. The van der Waals surface area contributed by atoms with Gasteiger partial charge in [0, 0.05) is 26.6 Å².